The van der Waals surface area contributed by atoms with Crippen molar-refractivity contribution in [2.24, 2.45) is 11.7 Å². The van der Waals surface area contributed by atoms with Gasteiger partial charge in [0.2, 0.25) is 5.78 Å². The molecule has 0 aromatic heterocycles. The zero-order chi connectivity index (χ0) is 30.3. The first-order valence-corrected chi connectivity index (χ1v) is 13.8. The number of ketones is 3. The Balaban J connectivity index is 1.76. The fourth-order valence-electron chi connectivity index (χ4n) is 6.35. The molecule has 2 N–H and O–H groups in total. The first kappa shape index (κ1) is 30.1. The fourth-order valence-corrected chi connectivity index (χ4v) is 6.35. The normalized spacial score (nSPS) is 26.6. The van der Waals surface area contributed by atoms with Crippen molar-refractivity contribution in [3.63, 3.8) is 0 Å². The summed E-state index contributed by atoms with van der Waals surface area (Å²) < 4.78 is 40.9. The zero-order valence-corrected chi connectivity index (χ0v) is 24.7. The molecule has 1 heterocycles. The Morgan fingerprint density at radius 2 is 1.71 bits per heavy atom. The molecule has 0 unspecified atom stereocenters. The number of carbonyl (C=O) groups excluding carboxylic acids is 3. The Bertz CT molecular complexity index is 1420. The van der Waals surface area contributed by atoms with Crippen LogP contribution in [0.15, 0.2) is 18.2 Å². The Morgan fingerprint density at radius 1 is 1.00 bits per heavy atom. The number of carbonyl (C=O) groups is 3. The van der Waals surface area contributed by atoms with Gasteiger partial charge >= 0.3 is 0 Å². The van der Waals surface area contributed by atoms with Crippen molar-refractivity contribution in [3.05, 3.63) is 51.6 Å². The molecule has 42 heavy (non-hydrogen) atoms. The molecule has 11 heteroatoms. The van der Waals surface area contributed by atoms with E-state index >= 15 is 0 Å². The maximum Gasteiger partial charge on any atom is 0.202 e. The Kier molecular flexibility index (Phi) is 8.41. The SMILES string of the molecule is COCC(=O)[C@]1(OC)Cc2c(OC)c3c(c(OC)c2[C@@H](O[C@H]2C[C@@H](N)[C@@H](C)CO2)C1)C(=O)c1c(OC)cccc1C3=O. The summed E-state index contributed by atoms with van der Waals surface area (Å²) in [5, 5.41) is 0. The smallest absolute Gasteiger partial charge is 0.202 e. The number of Topliss-reactive ketones (excluding diaryl/α,β-unsaturated/α-hetero) is 1. The molecule has 0 saturated carbocycles. The third-order valence-corrected chi connectivity index (χ3v) is 8.66. The van der Waals surface area contributed by atoms with Crippen LogP contribution in [0.5, 0.6) is 17.2 Å². The molecule has 3 aliphatic rings. The number of rotatable bonds is 9. The Labute approximate surface area is 244 Å². The topological polar surface area (TPSA) is 142 Å². The van der Waals surface area contributed by atoms with Crippen molar-refractivity contribution in [1.29, 1.82) is 0 Å². The summed E-state index contributed by atoms with van der Waals surface area (Å²) in [6.45, 7) is 2.20. The molecule has 226 valence electrons. The van der Waals surface area contributed by atoms with E-state index in [1.165, 1.54) is 35.5 Å². The lowest BCUT2D eigenvalue weighted by molar-refractivity contribution is -0.216. The van der Waals surface area contributed by atoms with E-state index in [1.807, 2.05) is 6.92 Å². The highest BCUT2D eigenvalue weighted by Gasteiger charge is 2.51. The van der Waals surface area contributed by atoms with Crippen LogP contribution in [0.2, 0.25) is 0 Å². The average molecular weight is 584 g/mol. The standard InChI is InChI=1S/C31H37NO10/c1-15-13-41-22(10-18(15)32)42-20-12-31(40-6,21(33)14-36-2)11-17-24(20)30(39-5)26-25(29(17)38-4)27(34)16-8-7-9-19(37-3)23(16)28(26)35/h7-9,15,18,20,22H,10-14,32H2,1-6H3/t15-,18+,20-,22-,31-/m0/s1. The molecule has 1 aliphatic heterocycles. The van der Waals surface area contributed by atoms with Crippen molar-refractivity contribution in [2.45, 2.75) is 50.2 Å². The number of benzene rings is 2. The van der Waals surface area contributed by atoms with Crippen LogP contribution in [0.1, 0.15) is 68.8 Å². The summed E-state index contributed by atoms with van der Waals surface area (Å²) in [5.41, 5.74) is 6.34. The monoisotopic (exact) mass is 583 g/mol. The number of nitrogens with two attached hydrogens (primary N) is 1. The van der Waals surface area contributed by atoms with E-state index in [9.17, 15) is 14.4 Å². The van der Waals surface area contributed by atoms with Gasteiger partial charge < -0.3 is 38.9 Å². The minimum absolute atomic E-state index is 0.0300. The quantitative estimate of drug-likeness (QED) is 0.397. The van der Waals surface area contributed by atoms with Gasteiger partial charge in [0.1, 0.15) is 29.5 Å². The number of hydrogen-bond donors (Lipinski definition) is 1. The van der Waals surface area contributed by atoms with Crippen LogP contribution in [0.25, 0.3) is 0 Å². The molecule has 2 aromatic rings. The highest BCUT2D eigenvalue weighted by Crippen LogP contribution is 2.53. The van der Waals surface area contributed by atoms with Crippen LogP contribution in [0.3, 0.4) is 0 Å². The number of methoxy groups -OCH3 is 5. The third kappa shape index (κ3) is 4.69. The van der Waals surface area contributed by atoms with Gasteiger partial charge in [-0.05, 0) is 12.0 Å². The Morgan fingerprint density at radius 3 is 2.33 bits per heavy atom. The van der Waals surface area contributed by atoms with Gasteiger partial charge in [0, 0.05) is 56.2 Å². The summed E-state index contributed by atoms with van der Waals surface area (Å²) in [4.78, 5) is 41.8. The van der Waals surface area contributed by atoms with Crippen molar-refractivity contribution in [2.75, 3.05) is 48.8 Å². The predicted molar refractivity (Wildman–Crippen MR) is 150 cm³/mol. The van der Waals surface area contributed by atoms with Crippen LogP contribution in [-0.2, 0) is 30.2 Å². The van der Waals surface area contributed by atoms with Crippen LogP contribution in [0.4, 0.5) is 0 Å². The lowest BCUT2D eigenvalue weighted by Crippen LogP contribution is -2.50. The van der Waals surface area contributed by atoms with Crippen molar-refractivity contribution < 1.29 is 47.5 Å². The van der Waals surface area contributed by atoms with Gasteiger partial charge in [-0.25, -0.2) is 0 Å². The number of fused-ring (bicyclic) bond motifs is 3. The molecule has 0 spiro atoms. The van der Waals surface area contributed by atoms with E-state index in [2.05, 4.69) is 0 Å². The first-order valence-electron chi connectivity index (χ1n) is 13.8. The average Bonchev–Trinajstić information content (AvgIpc) is 2.99. The fraction of sp³-hybridized carbons (Fsp3) is 0.516. The van der Waals surface area contributed by atoms with Crippen LogP contribution >= 0.6 is 0 Å². The lowest BCUT2D eigenvalue weighted by Gasteiger charge is -2.43. The minimum atomic E-state index is -1.38. The van der Waals surface area contributed by atoms with E-state index in [0.717, 1.165) is 0 Å². The summed E-state index contributed by atoms with van der Waals surface area (Å²) in [6, 6.07) is 4.69. The molecule has 0 bridgehead atoms. The molecule has 0 amide bonds. The summed E-state index contributed by atoms with van der Waals surface area (Å²) in [5.74, 6) is -0.451. The second-order valence-electron chi connectivity index (χ2n) is 10.9. The first-order chi connectivity index (χ1) is 20.2. The highest BCUT2D eigenvalue weighted by atomic mass is 16.7. The van der Waals surface area contributed by atoms with Gasteiger partial charge in [-0.1, -0.05) is 19.1 Å². The van der Waals surface area contributed by atoms with E-state index in [4.69, 9.17) is 38.9 Å². The molecular formula is C31H37NO10. The maximum atomic E-state index is 14.2. The molecule has 2 aliphatic carbocycles. The van der Waals surface area contributed by atoms with Gasteiger partial charge in [-0.2, -0.15) is 0 Å². The van der Waals surface area contributed by atoms with E-state index in [1.54, 1.807) is 18.2 Å². The Hall–Kier alpha value is -3.35. The van der Waals surface area contributed by atoms with Crippen molar-refractivity contribution in [1.82, 2.24) is 0 Å². The molecule has 1 fully saturated rings. The van der Waals surface area contributed by atoms with E-state index in [-0.39, 0.29) is 76.7 Å². The maximum absolute atomic E-state index is 14.2. The zero-order valence-electron chi connectivity index (χ0n) is 24.7. The molecule has 5 atom stereocenters. The molecule has 0 radical (unpaired) electrons. The molecule has 5 rings (SSSR count). The lowest BCUT2D eigenvalue weighted by atomic mass is 9.71. The minimum Gasteiger partial charge on any atom is -0.496 e. The number of ether oxygens (including phenoxy) is 7. The van der Waals surface area contributed by atoms with E-state index in [0.29, 0.717) is 24.2 Å². The second kappa shape index (κ2) is 11.7. The molecular weight excluding hydrogens is 546 g/mol. The van der Waals surface area contributed by atoms with Crippen molar-refractivity contribution >= 4 is 17.3 Å². The highest BCUT2D eigenvalue weighted by molar-refractivity contribution is 6.31. The molecule has 2 aromatic carbocycles. The predicted octanol–water partition coefficient (Wildman–Crippen LogP) is 2.80. The van der Waals surface area contributed by atoms with Gasteiger partial charge in [-0.15, -0.1) is 0 Å². The van der Waals surface area contributed by atoms with Gasteiger partial charge in [0.15, 0.2) is 17.9 Å². The number of hydrogen-bond acceptors (Lipinski definition) is 11. The summed E-state index contributed by atoms with van der Waals surface area (Å²) in [7, 11) is 7.16. The largest absolute Gasteiger partial charge is 0.496 e. The third-order valence-electron chi connectivity index (χ3n) is 8.66. The van der Waals surface area contributed by atoms with Crippen LogP contribution < -0.4 is 19.9 Å². The summed E-state index contributed by atoms with van der Waals surface area (Å²) in [6.07, 6.45) is -1.02. The summed E-state index contributed by atoms with van der Waals surface area (Å²) >= 11 is 0. The van der Waals surface area contributed by atoms with Crippen molar-refractivity contribution in [3.8, 4) is 17.2 Å². The van der Waals surface area contributed by atoms with Gasteiger partial charge in [0.25, 0.3) is 0 Å². The van der Waals surface area contributed by atoms with Gasteiger partial charge in [0.05, 0.1) is 50.7 Å². The van der Waals surface area contributed by atoms with Crippen LogP contribution in [-0.4, -0.2) is 84.0 Å². The van der Waals surface area contributed by atoms with Gasteiger partial charge in [-0.3, -0.25) is 14.4 Å². The van der Waals surface area contributed by atoms with Crippen LogP contribution in [0, 0.1) is 5.92 Å². The molecule has 11 nitrogen and oxygen atoms in total. The molecule has 1 saturated heterocycles. The van der Waals surface area contributed by atoms with E-state index < -0.39 is 29.6 Å². The second-order valence-corrected chi connectivity index (χ2v) is 10.9.